The minimum Gasteiger partial charge on any atom is -0.377 e. The molecule has 102 valence electrons. The molecule has 2 heteroatoms. The van der Waals surface area contributed by atoms with Gasteiger partial charge in [0.25, 0.3) is 0 Å². The molecule has 0 saturated heterocycles. The smallest absolute Gasteiger partial charge is 0.0717 e. The maximum absolute atomic E-state index is 5.62. The summed E-state index contributed by atoms with van der Waals surface area (Å²) in [7, 11) is 0. The van der Waals surface area contributed by atoms with E-state index in [1.807, 2.05) is 0 Å². The Kier molecular flexibility index (Phi) is 5.83. The standard InChI is InChI=1S/C16H27NO/c1-13(2)11-18-12-15-8-6-14(7-9-15)10-17-16(3,4)5/h6-9,13,17H,10-12H2,1-5H3. The van der Waals surface area contributed by atoms with E-state index in [0.717, 1.165) is 13.2 Å². The van der Waals surface area contributed by atoms with Crippen molar-refractivity contribution in [2.24, 2.45) is 5.92 Å². The summed E-state index contributed by atoms with van der Waals surface area (Å²) in [5.74, 6) is 0.597. The van der Waals surface area contributed by atoms with E-state index in [-0.39, 0.29) is 5.54 Å². The SMILES string of the molecule is CC(C)COCc1ccc(CNC(C)(C)C)cc1. The second-order valence-electron chi connectivity index (χ2n) is 6.33. The second kappa shape index (κ2) is 6.91. The van der Waals surface area contributed by atoms with E-state index in [4.69, 9.17) is 4.74 Å². The Morgan fingerprint density at radius 3 is 2.11 bits per heavy atom. The molecular weight excluding hydrogens is 222 g/mol. The largest absolute Gasteiger partial charge is 0.377 e. The highest BCUT2D eigenvalue weighted by atomic mass is 16.5. The minimum absolute atomic E-state index is 0.166. The molecule has 1 aromatic carbocycles. The van der Waals surface area contributed by atoms with Crippen LogP contribution in [-0.4, -0.2) is 12.1 Å². The van der Waals surface area contributed by atoms with Crippen molar-refractivity contribution < 1.29 is 4.74 Å². The van der Waals surface area contributed by atoms with Crippen LogP contribution in [0.4, 0.5) is 0 Å². The molecule has 0 amide bonds. The van der Waals surface area contributed by atoms with Crippen molar-refractivity contribution >= 4 is 0 Å². The van der Waals surface area contributed by atoms with Gasteiger partial charge in [-0.2, -0.15) is 0 Å². The van der Waals surface area contributed by atoms with E-state index in [0.29, 0.717) is 12.5 Å². The van der Waals surface area contributed by atoms with Gasteiger partial charge in [0, 0.05) is 18.7 Å². The fourth-order valence-electron chi connectivity index (χ4n) is 1.53. The highest BCUT2D eigenvalue weighted by molar-refractivity contribution is 5.22. The molecule has 0 aliphatic carbocycles. The molecule has 0 aromatic heterocycles. The lowest BCUT2D eigenvalue weighted by Crippen LogP contribution is -2.35. The normalized spacial score (nSPS) is 12.1. The third kappa shape index (κ3) is 6.77. The summed E-state index contributed by atoms with van der Waals surface area (Å²) in [4.78, 5) is 0. The van der Waals surface area contributed by atoms with Crippen molar-refractivity contribution in [1.29, 1.82) is 0 Å². The summed E-state index contributed by atoms with van der Waals surface area (Å²) in [6, 6.07) is 8.65. The number of ether oxygens (including phenoxy) is 1. The van der Waals surface area contributed by atoms with Crippen molar-refractivity contribution in [2.45, 2.75) is 53.3 Å². The molecule has 0 heterocycles. The fraction of sp³-hybridized carbons (Fsp3) is 0.625. The van der Waals surface area contributed by atoms with Crippen LogP contribution in [0.1, 0.15) is 45.7 Å². The molecule has 0 atom stereocenters. The van der Waals surface area contributed by atoms with Crippen molar-refractivity contribution in [1.82, 2.24) is 5.32 Å². The van der Waals surface area contributed by atoms with Gasteiger partial charge in [-0.05, 0) is 37.8 Å². The van der Waals surface area contributed by atoms with Crippen LogP contribution in [0.2, 0.25) is 0 Å². The van der Waals surface area contributed by atoms with Crippen LogP contribution >= 0.6 is 0 Å². The summed E-state index contributed by atoms with van der Waals surface area (Å²) < 4.78 is 5.62. The molecule has 1 aromatic rings. The monoisotopic (exact) mass is 249 g/mol. The molecule has 0 aliphatic rings. The lowest BCUT2D eigenvalue weighted by Gasteiger charge is -2.20. The van der Waals surface area contributed by atoms with Gasteiger partial charge in [0.15, 0.2) is 0 Å². The van der Waals surface area contributed by atoms with Crippen LogP contribution in [-0.2, 0) is 17.9 Å². The maximum atomic E-state index is 5.62. The summed E-state index contributed by atoms with van der Waals surface area (Å²) in [5.41, 5.74) is 2.73. The predicted molar refractivity (Wildman–Crippen MR) is 77.5 cm³/mol. The van der Waals surface area contributed by atoms with Gasteiger partial charge in [0.1, 0.15) is 0 Å². The first kappa shape index (κ1) is 15.2. The number of benzene rings is 1. The van der Waals surface area contributed by atoms with Crippen molar-refractivity contribution in [3.8, 4) is 0 Å². The average molecular weight is 249 g/mol. The lowest BCUT2D eigenvalue weighted by atomic mass is 10.1. The summed E-state index contributed by atoms with van der Waals surface area (Å²) in [6.45, 7) is 13.3. The number of rotatable bonds is 6. The van der Waals surface area contributed by atoms with E-state index in [2.05, 4.69) is 64.2 Å². The highest BCUT2D eigenvalue weighted by Gasteiger charge is 2.08. The van der Waals surface area contributed by atoms with Crippen LogP contribution in [0.5, 0.6) is 0 Å². The summed E-state index contributed by atoms with van der Waals surface area (Å²) >= 11 is 0. The van der Waals surface area contributed by atoms with Gasteiger partial charge in [-0.1, -0.05) is 38.1 Å². The third-order valence-corrected chi connectivity index (χ3v) is 2.57. The Labute approximate surface area is 112 Å². The van der Waals surface area contributed by atoms with Gasteiger partial charge < -0.3 is 10.1 Å². The Hall–Kier alpha value is -0.860. The molecule has 0 spiro atoms. The molecule has 1 N–H and O–H groups in total. The maximum Gasteiger partial charge on any atom is 0.0717 e. The third-order valence-electron chi connectivity index (χ3n) is 2.57. The topological polar surface area (TPSA) is 21.3 Å². The number of nitrogens with one attached hydrogen (secondary N) is 1. The van der Waals surface area contributed by atoms with Crippen LogP contribution in [0.3, 0.4) is 0 Å². The van der Waals surface area contributed by atoms with E-state index in [1.165, 1.54) is 11.1 Å². The van der Waals surface area contributed by atoms with Crippen molar-refractivity contribution in [2.75, 3.05) is 6.61 Å². The van der Waals surface area contributed by atoms with Crippen LogP contribution < -0.4 is 5.32 Å². The fourth-order valence-corrected chi connectivity index (χ4v) is 1.53. The van der Waals surface area contributed by atoms with E-state index < -0.39 is 0 Å². The molecule has 2 nitrogen and oxygen atoms in total. The van der Waals surface area contributed by atoms with Gasteiger partial charge in [0.2, 0.25) is 0 Å². The molecule has 0 bridgehead atoms. The van der Waals surface area contributed by atoms with Gasteiger partial charge in [-0.25, -0.2) is 0 Å². The van der Waals surface area contributed by atoms with Crippen LogP contribution in [0.15, 0.2) is 24.3 Å². The molecule has 1 rings (SSSR count). The van der Waals surface area contributed by atoms with Gasteiger partial charge in [0.05, 0.1) is 6.61 Å². The van der Waals surface area contributed by atoms with Gasteiger partial charge in [-0.15, -0.1) is 0 Å². The zero-order valence-electron chi connectivity index (χ0n) is 12.4. The summed E-state index contributed by atoms with van der Waals surface area (Å²) in [6.07, 6.45) is 0. The van der Waals surface area contributed by atoms with Crippen LogP contribution in [0, 0.1) is 5.92 Å². The Morgan fingerprint density at radius 2 is 1.61 bits per heavy atom. The molecule has 0 fully saturated rings. The van der Waals surface area contributed by atoms with Crippen LogP contribution in [0.25, 0.3) is 0 Å². The first-order valence-corrected chi connectivity index (χ1v) is 6.77. The van der Waals surface area contributed by atoms with E-state index in [9.17, 15) is 0 Å². The summed E-state index contributed by atoms with van der Waals surface area (Å²) in [5, 5.41) is 3.48. The molecule has 18 heavy (non-hydrogen) atoms. The molecule has 0 aliphatic heterocycles. The molecule has 0 unspecified atom stereocenters. The average Bonchev–Trinajstić information content (AvgIpc) is 2.26. The first-order chi connectivity index (χ1) is 8.37. The minimum atomic E-state index is 0.166. The van der Waals surface area contributed by atoms with E-state index in [1.54, 1.807) is 0 Å². The van der Waals surface area contributed by atoms with Gasteiger partial charge in [-0.3, -0.25) is 0 Å². The first-order valence-electron chi connectivity index (χ1n) is 6.77. The highest BCUT2D eigenvalue weighted by Crippen LogP contribution is 2.08. The lowest BCUT2D eigenvalue weighted by molar-refractivity contribution is 0.0971. The molecular formula is C16H27NO. The Bertz CT molecular complexity index is 335. The predicted octanol–water partition coefficient (Wildman–Crippen LogP) is 3.75. The van der Waals surface area contributed by atoms with E-state index >= 15 is 0 Å². The van der Waals surface area contributed by atoms with Gasteiger partial charge >= 0.3 is 0 Å². The zero-order valence-corrected chi connectivity index (χ0v) is 12.4. The quantitative estimate of drug-likeness (QED) is 0.829. The number of hydrogen-bond acceptors (Lipinski definition) is 2. The molecule has 0 saturated carbocycles. The Morgan fingerprint density at radius 1 is 1.06 bits per heavy atom. The molecule has 0 radical (unpaired) electrons. The zero-order chi connectivity index (χ0) is 13.6. The van der Waals surface area contributed by atoms with Crippen molar-refractivity contribution in [3.63, 3.8) is 0 Å². The van der Waals surface area contributed by atoms with Crippen molar-refractivity contribution in [3.05, 3.63) is 35.4 Å². The Balaban J connectivity index is 2.38. The number of hydrogen-bond donors (Lipinski definition) is 1. The second-order valence-corrected chi connectivity index (χ2v) is 6.33.